The number of ether oxygens (including phenoxy) is 1. The largest absolute Gasteiger partial charge is 0.507 e. The number of aromatic hydroxyl groups is 1. The van der Waals surface area contributed by atoms with E-state index in [9.17, 15) is 9.50 Å². The summed E-state index contributed by atoms with van der Waals surface area (Å²) in [5.74, 6) is 0.566. The lowest BCUT2D eigenvalue weighted by Crippen LogP contribution is -2.61. The highest BCUT2D eigenvalue weighted by Gasteiger charge is 2.45. The molecule has 1 saturated carbocycles. The Labute approximate surface area is 210 Å². The Hall–Kier alpha value is -3.33. The minimum Gasteiger partial charge on any atom is -0.507 e. The molecule has 3 aromatic rings. The molecule has 3 atom stereocenters. The van der Waals surface area contributed by atoms with E-state index >= 15 is 0 Å². The van der Waals surface area contributed by atoms with Crippen LogP contribution in [0.5, 0.6) is 11.5 Å². The molecule has 3 aliphatic rings. The highest BCUT2D eigenvalue weighted by Crippen LogP contribution is 2.41. The Bertz CT molecular complexity index is 1270. The van der Waals surface area contributed by atoms with Gasteiger partial charge in [0, 0.05) is 35.4 Å². The van der Waals surface area contributed by atoms with Gasteiger partial charge in [0.1, 0.15) is 5.75 Å². The van der Waals surface area contributed by atoms with Crippen molar-refractivity contribution >= 4 is 5.82 Å². The van der Waals surface area contributed by atoms with Crippen LogP contribution in [0, 0.1) is 5.95 Å². The van der Waals surface area contributed by atoms with Gasteiger partial charge in [0.25, 0.3) is 5.95 Å². The number of benzene rings is 1. The van der Waals surface area contributed by atoms with Crippen LogP contribution >= 0.6 is 0 Å². The van der Waals surface area contributed by atoms with E-state index in [0.717, 1.165) is 18.7 Å². The fourth-order valence-corrected chi connectivity index (χ4v) is 6.02. The lowest BCUT2D eigenvalue weighted by molar-refractivity contribution is 0.138. The molecule has 36 heavy (non-hydrogen) atoms. The van der Waals surface area contributed by atoms with Crippen LogP contribution in [0.25, 0.3) is 22.5 Å². The molecule has 0 amide bonds. The second-order valence-electron chi connectivity index (χ2n) is 10.6. The molecule has 2 bridgehead atoms. The average Bonchev–Trinajstić information content (AvgIpc) is 3.69. The molecule has 1 aromatic carbocycles. The van der Waals surface area contributed by atoms with Gasteiger partial charge in [-0.3, -0.25) is 0 Å². The molecule has 4 heterocycles. The van der Waals surface area contributed by atoms with Gasteiger partial charge in [0.05, 0.1) is 18.9 Å². The first-order valence-electron chi connectivity index (χ1n) is 12.7. The maximum absolute atomic E-state index is 13.7. The van der Waals surface area contributed by atoms with Gasteiger partial charge in [-0.05, 0) is 69.2 Å². The van der Waals surface area contributed by atoms with Crippen molar-refractivity contribution in [3.63, 3.8) is 0 Å². The summed E-state index contributed by atoms with van der Waals surface area (Å²) >= 11 is 0. The number of nitrogens with one attached hydrogen (secondary N) is 1. The van der Waals surface area contributed by atoms with E-state index in [1.54, 1.807) is 24.4 Å². The van der Waals surface area contributed by atoms with Crippen LogP contribution in [0.2, 0.25) is 0 Å². The molecule has 9 heteroatoms. The molecular formula is C27H31FN6O2. The number of pyridine rings is 1. The summed E-state index contributed by atoms with van der Waals surface area (Å²) in [6.07, 6.45) is 11.5. The summed E-state index contributed by atoms with van der Waals surface area (Å²) in [6, 6.07) is 8.20. The number of phenols is 1. The monoisotopic (exact) mass is 490 g/mol. The molecule has 0 unspecified atom stereocenters. The Kier molecular flexibility index (Phi) is 5.75. The summed E-state index contributed by atoms with van der Waals surface area (Å²) in [4.78, 5) is 10.8. The van der Waals surface area contributed by atoms with Crippen LogP contribution in [-0.2, 0) is 0 Å². The molecule has 2 N–H and O–H groups in total. The highest BCUT2D eigenvalue weighted by atomic mass is 19.1. The van der Waals surface area contributed by atoms with Gasteiger partial charge in [-0.25, -0.2) is 9.97 Å². The standard InChI is InChI=1S/C27H31FN6O2/c1-27-9-3-4-18(31-27)12-20(13-27)34(19-6-7-19)24-15-30-26(33-32-24)21-8-5-16(10-22(21)35)17-11-23(36-2)25(28)29-14-17/h5,8,10-11,14-15,18-20,31,35H,3-4,6-7,9,12-13H2,1-2H3/t18-,20-,27+/m1/s1. The Morgan fingerprint density at radius 1 is 1.08 bits per heavy atom. The molecule has 2 aliphatic heterocycles. The van der Waals surface area contributed by atoms with E-state index in [1.165, 1.54) is 45.4 Å². The van der Waals surface area contributed by atoms with E-state index in [-0.39, 0.29) is 17.0 Å². The lowest BCUT2D eigenvalue weighted by Gasteiger charge is -2.50. The van der Waals surface area contributed by atoms with Crippen molar-refractivity contribution in [2.45, 2.75) is 75.5 Å². The third kappa shape index (κ3) is 4.36. The molecule has 6 rings (SSSR count). The predicted molar refractivity (Wildman–Crippen MR) is 134 cm³/mol. The van der Waals surface area contributed by atoms with Gasteiger partial charge >= 0.3 is 0 Å². The molecule has 8 nitrogen and oxygen atoms in total. The minimum atomic E-state index is -0.677. The maximum Gasteiger partial charge on any atom is 0.255 e. The quantitative estimate of drug-likeness (QED) is 0.488. The number of fused-ring (bicyclic) bond motifs is 2. The van der Waals surface area contributed by atoms with Crippen LogP contribution < -0.4 is 15.0 Å². The predicted octanol–water partition coefficient (Wildman–Crippen LogP) is 4.49. The van der Waals surface area contributed by atoms with Crippen molar-refractivity contribution in [3.05, 3.63) is 42.6 Å². The van der Waals surface area contributed by atoms with Crippen molar-refractivity contribution in [1.29, 1.82) is 0 Å². The number of nitrogens with zero attached hydrogens (tertiary/aromatic N) is 5. The van der Waals surface area contributed by atoms with Gasteiger partial charge in [0.2, 0.25) is 0 Å². The zero-order chi connectivity index (χ0) is 24.9. The van der Waals surface area contributed by atoms with Crippen LogP contribution in [0.1, 0.15) is 51.9 Å². The summed E-state index contributed by atoms with van der Waals surface area (Å²) in [5, 5.41) is 23.6. The van der Waals surface area contributed by atoms with Crippen LogP contribution in [0.15, 0.2) is 36.7 Å². The van der Waals surface area contributed by atoms with E-state index in [2.05, 4.69) is 37.3 Å². The second kappa shape index (κ2) is 8.96. The number of methoxy groups -OCH3 is 1. The van der Waals surface area contributed by atoms with Gasteiger partial charge < -0.3 is 20.1 Å². The number of anilines is 1. The summed E-state index contributed by atoms with van der Waals surface area (Å²) in [5.41, 5.74) is 1.99. The summed E-state index contributed by atoms with van der Waals surface area (Å²) in [7, 11) is 1.39. The van der Waals surface area contributed by atoms with Crippen molar-refractivity contribution in [2.75, 3.05) is 12.0 Å². The number of phenolic OH excluding ortho intramolecular Hbond substituents is 1. The van der Waals surface area contributed by atoms with E-state index in [4.69, 9.17) is 4.74 Å². The molecule has 188 valence electrons. The van der Waals surface area contributed by atoms with Crippen LogP contribution in [0.4, 0.5) is 10.2 Å². The summed E-state index contributed by atoms with van der Waals surface area (Å²) in [6.45, 7) is 2.36. The number of rotatable bonds is 6. The van der Waals surface area contributed by atoms with Gasteiger partial charge in [-0.2, -0.15) is 4.39 Å². The van der Waals surface area contributed by atoms with Crippen LogP contribution in [-0.4, -0.2) is 56.0 Å². The van der Waals surface area contributed by atoms with Gasteiger partial charge in [-0.1, -0.05) is 12.5 Å². The topological polar surface area (TPSA) is 96.3 Å². The van der Waals surface area contributed by atoms with E-state index in [0.29, 0.717) is 40.6 Å². The first-order chi connectivity index (χ1) is 17.4. The van der Waals surface area contributed by atoms with Crippen molar-refractivity contribution in [3.8, 4) is 34.0 Å². The second-order valence-corrected chi connectivity index (χ2v) is 10.6. The molecular weight excluding hydrogens is 459 g/mol. The molecule has 0 spiro atoms. The Morgan fingerprint density at radius 3 is 2.64 bits per heavy atom. The average molecular weight is 491 g/mol. The van der Waals surface area contributed by atoms with Gasteiger partial charge in [-0.15, -0.1) is 10.2 Å². The molecule has 3 fully saturated rings. The Morgan fingerprint density at radius 2 is 1.94 bits per heavy atom. The lowest BCUT2D eigenvalue weighted by atomic mass is 9.75. The Balaban J connectivity index is 1.24. The highest BCUT2D eigenvalue weighted by molar-refractivity contribution is 5.73. The first-order valence-corrected chi connectivity index (χ1v) is 12.7. The smallest absolute Gasteiger partial charge is 0.255 e. The molecule has 2 aromatic heterocycles. The fraction of sp³-hybridized carbons (Fsp3) is 0.481. The number of halogens is 1. The number of hydrogen-bond donors (Lipinski definition) is 2. The van der Waals surface area contributed by atoms with E-state index < -0.39 is 5.95 Å². The van der Waals surface area contributed by atoms with Crippen molar-refractivity contribution in [2.24, 2.45) is 0 Å². The third-order valence-corrected chi connectivity index (χ3v) is 7.82. The zero-order valence-electron chi connectivity index (χ0n) is 20.6. The molecule has 0 radical (unpaired) electrons. The van der Waals surface area contributed by atoms with Crippen molar-refractivity contribution < 1.29 is 14.2 Å². The fourth-order valence-electron chi connectivity index (χ4n) is 6.02. The van der Waals surface area contributed by atoms with Crippen molar-refractivity contribution in [1.82, 2.24) is 25.5 Å². The maximum atomic E-state index is 13.7. The minimum absolute atomic E-state index is 0.0171. The first kappa shape index (κ1) is 23.1. The van der Waals surface area contributed by atoms with Gasteiger partial charge in [0.15, 0.2) is 17.4 Å². The summed E-state index contributed by atoms with van der Waals surface area (Å²) < 4.78 is 18.7. The molecule has 1 aliphatic carbocycles. The van der Waals surface area contributed by atoms with Crippen LogP contribution in [0.3, 0.4) is 0 Å². The number of piperidine rings is 2. The zero-order valence-corrected chi connectivity index (χ0v) is 20.6. The van der Waals surface area contributed by atoms with E-state index in [1.807, 2.05) is 6.07 Å². The molecule has 2 saturated heterocycles. The number of hydrogen-bond acceptors (Lipinski definition) is 8. The number of aromatic nitrogens is 4. The third-order valence-electron chi connectivity index (χ3n) is 7.82. The normalized spacial score (nSPS) is 25.4. The SMILES string of the molecule is COc1cc(-c2ccc(-c3ncc(N(C4CC4)[C@@H]4C[C@H]5CCC[C@@](C)(C4)N5)nn3)c(O)c2)cnc1F.